The number of hydrogen-bond donors (Lipinski definition) is 3. The van der Waals surface area contributed by atoms with Crippen molar-refractivity contribution in [3.63, 3.8) is 0 Å². The van der Waals surface area contributed by atoms with Crippen molar-refractivity contribution >= 4 is 5.78 Å². The van der Waals surface area contributed by atoms with Gasteiger partial charge in [-0.25, -0.2) is 0 Å². The van der Waals surface area contributed by atoms with Gasteiger partial charge < -0.3 is 20.1 Å². The van der Waals surface area contributed by atoms with Gasteiger partial charge in [0.2, 0.25) is 0 Å². The van der Waals surface area contributed by atoms with Crippen molar-refractivity contribution in [3.8, 4) is 0 Å². The molecule has 0 aromatic heterocycles. The molecular formula is C23H36AcO5. The molecule has 4 rings (SSSR count). The fraction of sp³-hybridized carbons (Fsp3) is 0.870. The molecule has 4 aliphatic rings. The second-order valence-electron chi connectivity index (χ2n) is 10.9. The average Bonchev–Trinajstić information content (AvgIpc) is 2.60. The maximum atomic E-state index is 14.0. The van der Waals surface area contributed by atoms with Crippen LogP contribution in [0.3, 0.4) is 0 Å². The van der Waals surface area contributed by atoms with E-state index in [0.717, 1.165) is 11.1 Å². The van der Waals surface area contributed by atoms with Gasteiger partial charge >= 0.3 is 0 Å². The van der Waals surface area contributed by atoms with Gasteiger partial charge in [-0.3, -0.25) is 4.79 Å². The van der Waals surface area contributed by atoms with E-state index in [0.29, 0.717) is 6.42 Å². The third kappa shape index (κ3) is 2.72. The number of ether oxygens (including phenoxy) is 1. The Hall–Kier alpha value is 0.692. The molecule has 5 nitrogen and oxygen atoms in total. The largest absolute Gasteiger partial charge is 0.389 e. The predicted molar refractivity (Wildman–Crippen MR) is 105 cm³/mol. The molecule has 0 spiro atoms. The number of carbonyl (C=O) groups excluding carboxylic acids is 1. The van der Waals surface area contributed by atoms with Gasteiger partial charge in [-0.1, -0.05) is 41.5 Å². The Labute approximate surface area is 210 Å². The van der Waals surface area contributed by atoms with Gasteiger partial charge in [0.05, 0.1) is 24.4 Å². The fourth-order valence-electron chi connectivity index (χ4n) is 7.79. The first kappa shape index (κ1) is 24.3. The van der Waals surface area contributed by atoms with E-state index in [4.69, 9.17) is 4.74 Å². The number of aliphatic hydroxyl groups excluding tert-OH is 1. The second kappa shape index (κ2) is 7.09. The maximum Gasteiger partial charge on any atom is 0.146 e. The molecule has 1 aliphatic heterocycles. The third-order valence-corrected chi connectivity index (χ3v) is 9.64. The van der Waals surface area contributed by atoms with Crippen LogP contribution >= 0.6 is 0 Å². The Morgan fingerprint density at radius 2 is 1.69 bits per heavy atom. The van der Waals surface area contributed by atoms with Crippen molar-refractivity contribution < 1.29 is 68.9 Å². The molecule has 161 valence electrons. The number of aliphatic hydroxyl groups is 3. The zero-order valence-electron chi connectivity index (χ0n) is 18.8. The number of ketones is 1. The van der Waals surface area contributed by atoms with Crippen molar-refractivity contribution in [1.82, 2.24) is 0 Å². The number of Topliss-reactive ketones (excluding diaryl/α,β-unsaturated/α-hetero) is 1. The van der Waals surface area contributed by atoms with Gasteiger partial charge in [0.1, 0.15) is 11.4 Å². The smallest absolute Gasteiger partial charge is 0.146 e. The molecule has 1 saturated heterocycles. The van der Waals surface area contributed by atoms with Crippen molar-refractivity contribution in [1.29, 1.82) is 0 Å². The quantitative estimate of drug-likeness (QED) is 0.363. The summed E-state index contributed by atoms with van der Waals surface area (Å²) in [5.74, 6) is -1.05. The molecule has 0 aromatic rings. The molecule has 29 heavy (non-hydrogen) atoms. The van der Waals surface area contributed by atoms with E-state index in [1.807, 2.05) is 41.5 Å². The van der Waals surface area contributed by atoms with Gasteiger partial charge in [-0.2, -0.15) is 0 Å². The Morgan fingerprint density at radius 3 is 2.21 bits per heavy atom. The van der Waals surface area contributed by atoms with Crippen molar-refractivity contribution in [2.45, 2.75) is 84.7 Å². The fourth-order valence-corrected chi connectivity index (χ4v) is 7.79. The molecule has 9 atom stereocenters. The molecule has 3 aliphatic carbocycles. The summed E-state index contributed by atoms with van der Waals surface area (Å²) in [4.78, 5) is 14.0. The third-order valence-electron chi connectivity index (χ3n) is 9.64. The SMILES string of the molecule is CC1=C2[C@@H](C)C(=O)[C@@]3(C)C(C(C)C(O)(CC1O)C2(C)C)[C@]1(O)COC1C[C@@H]3C.[Ac]. The van der Waals surface area contributed by atoms with Crippen LogP contribution in [0.4, 0.5) is 0 Å². The molecule has 5 unspecified atom stereocenters. The van der Waals surface area contributed by atoms with Crippen LogP contribution in [0.1, 0.15) is 61.3 Å². The predicted octanol–water partition coefficient (Wildman–Crippen LogP) is 2.47. The van der Waals surface area contributed by atoms with E-state index >= 15 is 0 Å². The number of fused-ring (bicyclic) bond motifs is 5. The van der Waals surface area contributed by atoms with Crippen LogP contribution in [-0.2, 0) is 9.53 Å². The zero-order chi connectivity index (χ0) is 21.0. The van der Waals surface area contributed by atoms with Gasteiger partial charge in [0.15, 0.2) is 0 Å². The average molecular weight is 620 g/mol. The van der Waals surface area contributed by atoms with Gasteiger partial charge in [0, 0.05) is 73.1 Å². The van der Waals surface area contributed by atoms with Gasteiger partial charge in [-0.05, 0) is 36.3 Å². The number of hydrogen-bond acceptors (Lipinski definition) is 5. The van der Waals surface area contributed by atoms with Crippen molar-refractivity contribution in [2.75, 3.05) is 6.61 Å². The Bertz CT molecular complexity index is 762. The summed E-state index contributed by atoms with van der Waals surface area (Å²) in [5.41, 5.74) is -2.08. The molecule has 1 radical (unpaired) electrons. The Kier molecular flexibility index (Phi) is 5.95. The molecule has 0 aromatic carbocycles. The summed E-state index contributed by atoms with van der Waals surface area (Å²) in [6.45, 7) is 14.0. The maximum absolute atomic E-state index is 14.0. The van der Waals surface area contributed by atoms with E-state index < -0.39 is 40.0 Å². The summed E-state index contributed by atoms with van der Waals surface area (Å²) in [6.07, 6.45) is -0.196. The van der Waals surface area contributed by atoms with E-state index in [1.54, 1.807) is 0 Å². The minimum atomic E-state index is -1.23. The zero-order valence-corrected chi connectivity index (χ0v) is 23.6. The summed E-state index contributed by atoms with van der Waals surface area (Å²) < 4.78 is 5.71. The van der Waals surface area contributed by atoms with E-state index in [-0.39, 0.29) is 80.8 Å². The van der Waals surface area contributed by atoms with Crippen LogP contribution in [0.2, 0.25) is 0 Å². The van der Waals surface area contributed by atoms with Crippen LogP contribution in [0.15, 0.2) is 11.1 Å². The van der Waals surface area contributed by atoms with Crippen LogP contribution in [0, 0.1) is 78.6 Å². The number of rotatable bonds is 0. The van der Waals surface area contributed by atoms with Crippen LogP contribution in [0.5, 0.6) is 0 Å². The summed E-state index contributed by atoms with van der Waals surface area (Å²) >= 11 is 0. The normalized spacial score (nSPS) is 53.7. The molecule has 3 fully saturated rings. The summed E-state index contributed by atoms with van der Waals surface area (Å²) in [7, 11) is 0. The summed E-state index contributed by atoms with van der Waals surface area (Å²) in [6, 6.07) is 0. The van der Waals surface area contributed by atoms with E-state index in [1.165, 1.54) is 0 Å². The first-order valence-electron chi connectivity index (χ1n) is 10.7. The van der Waals surface area contributed by atoms with Crippen LogP contribution in [0.25, 0.3) is 0 Å². The molecule has 2 saturated carbocycles. The first-order valence-corrected chi connectivity index (χ1v) is 10.7. The van der Waals surface area contributed by atoms with Crippen molar-refractivity contribution in [2.24, 2.45) is 34.5 Å². The van der Waals surface area contributed by atoms with Gasteiger partial charge in [0.25, 0.3) is 0 Å². The van der Waals surface area contributed by atoms with Crippen LogP contribution < -0.4 is 0 Å². The molecule has 3 N–H and O–H groups in total. The van der Waals surface area contributed by atoms with E-state index in [9.17, 15) is 20.1 Å². The molecule has 1 heterocycles. The summed E-state index contributed by atoms with van der Waals surface area (Å²) in [5, 5.41) is 34.6. The molecule has 0 amide bonds. The monoisotopic (exact) mass is 619 g/mol. The standard InChI is InChI=1S/C23H36O5.Ac/c1-11-8-16-22(26,10-28-16)18-14(4)23(27)9-15(24)12(2)17(20(23,5)6)13(3)19(25)21(11,18)7;/h11,13-16,18,24,26-27H,8-10H2,1-7H3;/t11-,13+,14?,15?,16?,18?,21+,22-,23?;/m0./s1. The Morgan fingerprint density at radius 1 is 1.10 bits per heavy atom. The Balaban J connectivity index is 0.00000240. The minimum absolute atomic E-state index is 0. The minimum Gasteiger partial charge on any atom is -0.389 e. The topological polar surface area (TPSA) is 87.0 Å². The molecule has 6 heteroatoms. The van der Waals surface area contributed by atoms with Crippen molar-refractivity contribution in [3.05, 3.63) is 11.1 Å². The number of carbonyl (C=O) groups is 1. The molecular weight excluding hydrogens is 583 g/mol. The first-order chi connectivity index (χ1) is 12.7. The second-order valence-corrected chi connectivity index (χ2v) is 10.9. The van der Waals surface area contributed by atoms with Crippen LogP contribution in [-0.4, -0.2) is 51.1 Å². The molecule has 2 bridgehead atoms. The van der Waals surface area contributed by atoms with Gasteiger partial charge in [-0.15, -0.1) is 0 Å². The van der Waals surface area contributed by atoms with E-state index in [2.05, 4.69) is 6.92 Å².